The third-order valence-electron chi connectivity index (χ3n) is 4.63. The van der Waals surface area contributed by atoms with E-state index in [0.29, 0.717) is 29.6 Å². The van der Waals surface area contributed by atoms with E-state index in [1.807, 2.05) is 13.8 Å². The molecule has 0 bridgehead atoms. The number of aliphatic imine (C=N–C) groups is 1. The number of aliphatic hydroxyl groups is 2. The number of ether oxygens (including phenoxy) is 1. The molecule has 1 aromatic heterocycles. The lowest BCUT2D eigenvalue weighted by atomic mass is 10.1. The number of amidine groups is 1. The number of aliphatic hydroxyl groups excluding tert-OH is 2. The van der Waals surface area contributed by atoms with Crippen molar-refractivity contribution in [3.63, 3.8) is 0 Å². The summed E-state index contributed by atoms with van der Waals surface area (Å²) in [5, 5.41) is 24.0. The second-order valence-electron chi connectivity index (χ2n) is 7.55. The van der Waals surface area contributed by atoms with Gasteiger partial charge in [0.25, 0.3) is 0 Å². The maximum absolute atomic E-state index is 10.6. The van der Waals surface area contributed by atoms with E-state index in [4.69, 9.17) is 10.5 Å². The summed E-state index contributed by atoms with van der Waals surface area (Å²) in [7, 11) is 0. The van der Waals surface area contributed by atoms with Crippen LogP contribution in [0.5, 0.6) is 0 Å². The van der Waals surface area contributed by atoms with Gasteiger partial charge in [-0.1, -0.05) is 0 Å². The molecule has 1 unspecified atom stereocenters. The van der Waals surface area contributed by atoms with Gasteiger partial charge in [-0.2, -0.15) is 0 Å². The summed E-state index contributed by atoms with van der Waals surface area (Å²) >= 11 is 0. The Balaban J connectivity index is 1.89. The summed E-state index contributed by atoms with van der Waals surface area (Å²) in [6, 6.07) is 0. The summed E-state index contributed by atoms with van der Waals surface area (Å²) in [6.45, 7) is 6.69. The molecule has 1 fully saturated rings. The predicted octanol–water partition coefficient (Wildman–Crippen LogP) is 0.520. The standard InChI is InChI=1S/C16H28N5O3P/c1-8-18-14(17)11-15(19-8)21(9(2)20-11)16-13(23)12(22)10(24-16)6-7-25(3,4)5/h10,12-14,16,22-23H,3,6-7,17H2,1-2,4-5H3,(H,18,19)/t10-,12-,13-,14?,16-/m1/s1. The van der Waals surface area contributed by atoms with Crippen molar-refractivity contribution in [1.29, 1.82) is 0 Å². The first kappa shape index (κ1) is 18.6. The van der Waals surface area contributed by atoms with Crippen molar-refractivity contribution < 1.29 is 14.9 Å². The van der Waals surface area contributed by atoms with Gasteiger partial charge in [-0.15, -0.1) is 13.2 Å². The van der Waals surface area contributed by atoms with Crippen molar-refractivity contribution in [3.8, 4) is 0 Å². The van der Waals surface area contributed by atoms with Gasteiger partial charge in [0, 0.05) is 0 Å². The number of rotatable bonds is 4. The lowest BCUT2D eigenvalue weighted by molar-refractivity contribution is -0.0375. The lowest BCUT2D eigenvalue weighted by Gasteiger charge is -2.23. The van der Waals surface area contributed by atoms with Gasteiger partial charge in [0.1, 0.15) is 35.7 Å². The first-order chi connectivity index (χ1) is 11.6. The molecule has 5 N–H and O–H groups in total. The maximum Gasteiger partial charge on any atom is 0.165 e. The van der Waals surface area contributed by atoms with Crippen LogP contribution in [0.4, 0.5) is 5.82 Å². The van der Waals surface area contributed by atoms with Gasteiger partial charge in [-0.3, -0.25) is 4.57 Å². The van der Waals surface area contributed by atoms with E-state index in [-0.39, 0.29) is 0 Å². The third-order valence-corrected chi connectivity index (χ3v) is 6.10. The van der Waals surface area contributed by atoms with Crippen LogP contribution in [-0.2, 0) is 4.74 Å². The molecular weight excluding hydrogens is 341 g/mol. The first-order valence-corrected chi connectivity index (χ1v) is 11.5. The Morgan fingerprint density at radius 2 is 2.00 bits per heavy atom. The molecule has 0 saturated carbocycles. The first-order valence-electron chi connectivity index (χ1n) is 8.43. The number of aryl methyl sites for hydroxylation is 1. The minimum atomic E-state index is -1.23. The number of nitrogens with two attached hydrogens (primary N) is 1. The van der Waals surface area contributed by atoms with E-state index in [1.54, 1.807) is 4.57 Å². The highest BCUT2D eigenvalue weighted by Gasteiger charge is 2.45. The quantitative estimate of drug-likeness (QED) is 0.575. The minimum Gasteiger partial charge on any atom is -0.388 e. The molecule has 2 aliphatic heterocycles. The second kappa shape index (κ2) is 6.52. The molecule has 140 valence electrons. The number of aromatic nitrogens is 2. The summed E-state index contributed by atoms with van der Waals surface area (Å²) in [6.07, 6.45) is 2.13. The van der Waals surface area contributed by atoms with Gasteiger partial charge in [-0.05, 0) is 39.8 Å². The Kier molecular flexibility index (Phi) is 4.85. The number of hydrogen-bond donors (Lipinski definition) is 4. The smallest absolute Gasteiger partial charge is 0.165 e. The summed E-state index contributed by atoms with van der Waals surface area (Å²) in [5.74, 6) is 1.89. The fourth-order valence-corrected chi connectivity index (χ4v) is 4.28. The zero-order valence-corrected chi connectivity index (χ0v) is 16.1. The predicted molar refractivity (Wildman–Crippen MR) is 101 cm³/mol. The average molecular weight is 369 g/mol. The molecule has 0 aliphatic carbocycles. The fraction of sp³-hybridized carbons (Fsp3) is 0.688. The second-order valence-corrected chi connectivity index (χ2v) is 11.9. The summed E-state index contributed by atoms with van der Waals surface area (Å²) < 4.78 is 7.76. The van der Waals surface area contributed by atoms with Crippen molar-refractivity contribution in [1.82, 2.24) is 14.9 Å². The van der Waals surface area contributed by atoms with E-state index in [0.717, 1.165) is 6.16 Å². The van der Waals surface area contributed by atoms with E-state index >= 15 is 0 Å². The van der Waals surface area contributed by atoms with Crippen LogP contribution in [0.3, 0.4) is 0 Å². The average Bonchev–Trinajstić information content (AvgIpc) is 2.95. The molecule has 3 heterocycles. The van der Waals surface area contributed by atoms with Crippen LogP contribution < -0.4 is 11.1 Å². The number of hydrogen-bond acceptors (Lipinski definition) is 7. The van der Waals surface area contributed by atoms with E-state index in [1.165, 1.54) is 0 Å². The Morgan fingerprint density at radius 1 is 1.32 bits per heavy atom. The molecule has 0 aromatic carbocycles. The van der Waals surface area contributed by atoms with Crippen LogP contribution in [0.15, 0.2) is 4.99 Å². The zero-order chi connectivity index (χ0) is 18.5. The van der Waals surface area contributed by atoms with Crippen LogP contribution in [-0.4, -0.2) is 69.7 Å². The van der Waals surface area contributed by atoms with Gasteiger partial charge in [-0.25, -0.2) is 9.98 Å². The molecule has 1 aromatic rings. The van der Waals surface area contributed by atoms with E-state index in [9.17, 15) is 10.2 Å². The van der Waals surface area contributed by atoms with Crippen molar-refractivity contribution >= 4 is 24.8 Å². The molecule has 25 heavy (non-hydrogen) atoms. The number of imidazole rings is 1. The molecular formula is C16H28N5O3P. The van der Waals surface area contributed by atoms with Gasteiger partial charge in [0.15, 0.2) is 12.0 Å². The van der Waals surface area contributed by atoms with E-state index in [2.05, 4.69) is 34.9 Å². The molecule has 0 amide bonds. The minimum absolute atomic E-state index is 0.432. The van der Waals surface area contributed by atoms with E-state index < -0.39 is 37.6 Å². The largest absolute Gasteiger partial charge is 0.388 e. The highest BCUT2D eigenvalue weighted by atomic mass is 31.2. The Labute approximate surface area is 148 Å². The lowest BCUT2D eigenvalue weighted by Crippen LogP contribution is -2.35. The molecule has 9 heteroatoms. The number of nitrogens with one attached hydrogen (secondary N) is 1. The Hall–Kier alpha value is -1.18. The van der Waals surface area contributed by atoms with Crippen molar-refractivity contribution in [2.75, 3.05) is 19.5 Å². The van der Waals surface area contributed by atoms with Crippen LogP contribution in [0, 0.1) is 6.92 Å². The summed E-state index contributed by atoms with van der Waals surface area (Å²) in [4.78, 5) is 8.95. The number of nitrogens with zero attached hydrogens (tertiary/aromatic N) is 3. The molecule has 1 saturated heterocycles. The zero-order valence-electron chi connectivity index (χ0n) is 15.2. The van der Waals surface area contributed by atoms with Crippen LogP contribution in [0.1, 0.15) is 37.3 Å². The summed E-state index contributed by atoms with van der Waals surface area (Å²) in [5.41, 5.74) is 6.69. The van der Waals surface area contributed by atoms with Gasteiger partial charge < -0.3 is 26.0 Å². The molecule has 8 nitrogen and oxygen atoms in total. The molecule has 3 rings (SSSR count). The molecule has 0 radical (unpaired) electrons. The van der Waals surface area contributed by atoms with Crippen molar-refractivity contribution in [3.05, 3.63) is 11.5 Å². The normalized spacial score (nSPS) is 32.3. The number of fused-ring (bicyclic) bond motifs is 1. The fourth-order valence-electron chi connectivity index (χ4n) is 3.32. The highest BCUT2D eigenvalue weighted by Crippen LogP contribution is 2.41. The maximum atomic E-state index is 10.6. The molecule has 5 atom stereocenters. The topological polar surface area (TPSA) is 118 Å². The van der Waals surface area contributed by atoms with Gasteiger partial charge in [0.05, 0.1) is 6.10 Å². The SMILES string of the molecule is C=P(C)(C)CC[C@H]1O[C@@H](n2c(C)nc3c2N=C(C)NC3N)[C@H](O)[C@@H]1O. The Bertz CT molecular complexity index is 740. The molecule has 0 spiro atoms. The van der Waals surface area contributed by atoms with Gasteiger partial charge in [0.2, 0.25) is 0 Å². The highest BCUT2D eigenvalue weighted by molar-refractivity contribution is 7.72. The van der Waals surface area contributed by atoms with Gasteiger partial charge >= 0.3 is 0 Å². The molecule has 2 aliphatic rings. The van der Waals surface area contributed by atoms with Crippen molar-refractivity contribution in [2.24, 2.45) is 10.7 Å². The Morgan fingerprint density at radius 3 is 2.64 bits per heavy atom. The third kappa shape index (κ3) is 3.55. The monoisotopic (exact) mass is 369 g/mol. The van der Waals surface area contributed by atoms with Crippen LogP contribution >= 0.6 is 6.89 Å². The van der Waals surface area contributed by atoms with Crippen molar-refractivity contribution in [2.45, 2.75) is 51.0 Å². The van der Waals surface area contributed by atoms with Crippen LogP contribution in [0.2, 0.25) is 0 Å². The van der Waals surface area contributed by atoms with Crippen LogP contribution in [0.25, 0.3) is 0 Å².